The number of carbonyl (C=O) groups excluding carboxylic acids is 1. The van der Waals surface area contributed by atoms with Gasteiger partial charge >= 0.3 is 0 Å². The second kappa shape index (κ2) is 7.28. The summed E-state index contributed by atoms with van der Waals surface area (Å²) < 4.78 is 5.06. The molecule has 0 radical (unpaired) electrons. The van der Waals surface area contributed by atoms with Crippen molar-refractivity contribution in [3.05, 3.63) is 53.7 Å². The fourth-order valence-electron chi connectivity index (χ4n) is 1.98. The van der Waals surface area contributed by atoms with E-state index in [1.165, 1.54) is 0 Å². The van der Waals surface area contributed by atoms with E-state index < -0.39 is 0 Å². The maximum Gasteiger partial charge on any atom is 0.253 e. The predicted molar refractivity (Wildman–Crippen MR) is 82.6 cm³/mol. The fourth-order valence-corrected chi connectivity index (χ4v) is 1.98. The number of para-hydroxylation sites is 1. The van der Waals surface area contributed by atoms with Gasteiger partial charge in [0.05, 0.1) is 12.7 Å². The zero-order chi connectivity index (χ0) is 15.1. The van der Waals surface area contributed by atoms with Crippen LogP contribution >= 0.6 is 0 Å². The summed E-state index contributed by atoms with van der Waals surface area (Å²) in [5, 5.41) is 6.09. The van der Waals surface area contributed by atoms with Crippen LogP contribution in [0.2, 0.25) is 0 Å². The average molecular weight is 285 g/mol. The van der Waals surface area contributed by atoms with Crippen LogP contribution in [0.1, 0.15) is 22.8 Å². The third-order valence-corrected chi connectivity index (χ3v) is 3.00. The van der Waals surface area contributed by atoms with Gasteiger partial charge in [0.15, 0.2) is 0 Å². The molecule has 5 heteroatoms. The van der Waals surface area contributed by atoms with E-state index in [1.807, 2.05) is 31.2 Å². The van der Waals surface area contributed by atoms with Crippen LogP contribution in [-0.2, 0) is 6.54 Å². The number of hydrogen-bond acceptors (Lipinski definition) is 4. The number of nitrogens with one attached hydrogen (secondary N) is 2. The molecule has 0 saturated heterocycles. The summed E-state index contributed by atoms with van der Waals surface area (Å²) >= 11 is 0. The number of anilines is 1. The topological polar surface area (TPSA) is 63.2 Å². The van der Waals surface area contributed by atoms with E-state index in [0.29, 0.717) is 18.0 Å². The van der Waals surface area contributed by atoms with E-state index in [1.54, 1.807) is 25.4 Å². The molecule has 0 atom stereocenters. The summed E-state index contributed by atoms with van der Waals surface area (Å²) in [6.07, 6.45) is 1.66. The molecule has 21 heavy (non-hydrogen) atoms. The Morgan fingerprint density at radius 1 is 1.29 bits per heavy atom. The van der Waals surface area contributed by atoms with E-state index >= 15 is 0 Å². The van der Waals surface area contributed by atoms with Crippen molar-refractivity contribution in [2.75, 3.05) is 19.0 Å². The monoisotopic (exact) mass is 285 g/mol. The number of pyridine rings is 1. The van der Waals surface area contributed by atoms with Gasteiger partial charge in [-0.2, -0.15) is 0 Å². The first-order valence-electron chi connectivity index (χ1n) is 6.84. The fraction of sp³-hybridized carbons (Fsp3) is 0.250. The summed E-state index contributed by atoms with van der Waals surface area (Å²) in [5.41, 5.74) is 2.42. The van der Waals surface area contributed by atoms with Crippen molar-refractivity contribution in [3.8, 4) is 5.88 Å². The van der Waals surface area contributed by atoms with Gasteiger partial charge in [-0.1, -0.05) is 12.1 Å². The van der Waals surface area contributed by atoms with E-state index in [4.69, 9.17) is 4.74 Å². The number of carbonyl (C=O) groups is 1. The van der Waals surface area contributed by atoms with E-state index in [-0.39, 0.29) is 5.91 Å². The van der Waals surface area contributed by atoms with Crippen molar-refractivity contribution in [1.29, 1.82) is 0 Å². The smallest absolute Gasteiger partial charge is 0.253 e. The average Bonchev–Trinajstić information content (AvgIpc) is 2.53. The largest absolute Gasteiger partial charge is 0.481 e. The zero-order valence-corrected chi connectivity index (χ0v) is 12.2. The molecule has 0 aliphatic heterocycles. The number of nitrogens with zero attached hydrogens (tertiary/aromatic N) is 1. The second-order valence-electron chi connectivity index (χ2n) is 4.47. The van der Waals surface area contributed by atoms with Crippen LogP contribution in [0.15, 0.2) is 42.6 Å². The lowest BCUT2D eigenvalue weighted by Gasteiger charge is -2.11. The highest BCUT2D eigenvalue weighted by molar-refractivity contribution is 5.99. The molecule has 1 aromatic carbocycles. The molecule has 0 aliphatic carbocycles. The Morgan fingerprint density at radius 3 is 2.86 bits per heavy atom. The minimum Gasteiger partial charge on any atom is -0.481 e. The van der Waals surface area contributed by atoms with Gasteiger partial charge in [0.25, 0.3) is 5.91 Å². The molecule has 2 N–H and O–H groups in total. The summed E-state index contributed by atoms with van der Waals surface area (Å²) in [5.74, 6) is 0.428. The first kappa shape index (κ1) is 14.8. The summed E-state index contributed by atoms with van der Waals surface area (Å²) in [7, 11) is 1.57. The van der Waals surface area contributed by atoms with E-state index in [2.05, 4.69) is 15.6 Å². The third-order valence-electron chi connectivity index (χ3n) is 3.00. The van der Waals surface area contributed by atoms with Crippen LogP contribution in [0.5, 0.6) is 5.88 Å². The van der Waals surface area contributed by atoms with Crippen molar-refractivity contribution in [2.24, 2.45) is 0 Å². The Balaban J connectivity index is 2.04. The predicted octanol–water partition coefficient (Wildman–Crippen LogP) is 2.45. The Hall–Kier alpha value is -2.56. The summed E-state index contributed by atoms with van der Waals surface area (Å²) in [4.78, 5) is 16.3. The van der Waals surface area contributed by atoms with E-state index in [0.717, 1.165) is 17.8 Å². The molecule has 0 aliphatic rings. The molecule has 110 valence electrons. The Labute approximate surface area is 124 Å². The van der Waals surface area contributed by atoms with Gasteiger partial charge in [-0.3, -0.25) is 4.79 Å². The molecule has 5 nitrogen and oxygen atoms in total. The molecule has 2 aromatic rings. The summed E-state index contributed by atoms with van der Waals surface area (Å²) in [6, 6.07) is 11.1. The van der Waals surface area contributed by atoms with Gasteiger partial charge in [-0.15, -0.1) is 0 Å². The Kier molecular flexibility index (Phi) is 5.15. The number of aromatic nitrogens is 1. The minimum atomic E-state index is -0.109. The van der Waals surface area contributed by atoms with Crippen molar-refractivity contribution in [1.82, 2.24) is 10.3 Å². The van der Waals surface area contributed by atoms with Gasteiger partial charge in [0.2, 0.25) is 5.88 Å². The lowest BCUT2D eigenvalue weighted by molar-refractivity contribution is 0.0951. The van der Waals surface area contributed by atoms with Crippen LogP contribution < -0.4 is 15.4 Å². The number of amides is 1. The maximum absolute atomic E-state index is 12.3. The highest BCUT2D eigenvalue weighted by atomic mass is 16.5. The number of rotatable bonds is 6. The molecule has 0 bridgehead atoms. The molecule has 1 amide bonds. The molecule has 0 saturated carbocycles. The Morgan fingerprint density at radius 2 is 2.10 bits per heavy atom. The normalized spacial score (nSPS) is 10.0. The van der Waals surface area contributed by atoms with Gasteiger partial charge < -0.3 is 15.4 Å². The number of hydrogen-bond donors (Lipinski definition) is 2. The lowest BCUT2D eigenvalue weighted by atomic mass is 10.1. The van der Waals surface area contributed by atoms with Gasteiger partial charge in [0.1, 0.15) is 0 Å². The van der Waals surface area contributed by atoms with Gasteiger partial charge in [-0.05, 0) is 30.7 Å². The molecule has 0 unspecified atom stereocenters. The molecule has 1 aromatic heterocycles. The van der Waals surface area contributed by atoms with Gasteiger partial charge in [0, 0.05) is 31.0 Å². The quantitative estimate of drug-likeness (QED) is 0.855. The molecular weight excluding hydrogens is 266 g/mol. The van der Waals surface area contributed by atoms with Crippen molar-refractivity contribution in [3.63, 3.8) is 0 Å². The molecule has 2 rings (SSSR count). The van der Waals surface area contributed by atoms with E-state index in [9.17, 15) is 4.79 Å². The van der Waals surface area contributed by atoms with Crippen LogP contribution in [-0.4, -0.2) is 24.5 Å². The van der Waals surface area contributed by atoms with Gasteiger partial charge in [-0.25, -0.2) is 4.98 Å². The molecule has 1 heterocycles. The van der Waals surface area contributed by atoms with Crippen LogP contribution in [0, 0.1) is 0 Å². The highest BCUT2D eigenvalue weighted by Crippen LogP contribution is 2.15. The first-order chi connectivity index (χ1) is 10.2. The standard InChI is InChI=1S/C16H19N3O2/c1-3-17-14-7-5-4-6-13(14)16(20)19-11-12-8-9-18-15(10-12)21-2/h4-10,17H,3,11H2,1-2H3,(H,19,20). The van der Waals surface area contributed by atoms with Crippen LogP contribution in [0.3, 0.4) is 0 Å². The van der Waals surface area contributed by atoms with Crippen LogP contribution in [0.4, 0.5) is 5.69 Å². The van der Waals surface area contributed by atoms with Crippen LogP contribution in [0.25, 0.3) is 0 Å². The van der Waals surface area contributed by atoms with Crippen molar-refractivity contribution < 1.29 is 9.53 Å². The Bertz CT molecular complexity index is 614. The molecule has 0 fully saturated rings. The first-order valence-corrected chi connectivity index (χ1v) is 6.84. The third kappa shape index (κ3) is 3.95. The second-order valence-corrected chi connectivity index (χ2v) is 4.47. The maximum atomic E-state index is 12.3. The SMILES string of the molecule is CCNc1ccccc1C(=O)NCc1ccnc(OC)c1. The zero-order valence-electron chi connectivity index (χ0n) is 12.2. The number of benzene rings is 1. The highest BCUT2D eigenvalue weighted by Gasteiger charge is 2.10. The molecule has 0 spiro atoms. The number of methoxy groups -OCH3 is 1. The van der Waals surface area contributed by atoms with Crippen molar-refractivity contribution in [2.45, 2.75) is 13.5 Å². The lowest BCUT2D eigenvalue weighted by Crippen LogP contribution is -2.24. The minimum absolute atomic E-state index is 0.109. The number of ether oxygens (including phenoxy) is 1. The molecular formula is C16H19N3O2. The van der Waals surface area contributed by atoms with Crippen molar-refractivity contribution >= 4 is 11.6 Å². The summed E-state index contributed by atoms with van der Waals surface area (Å²) in [6.45, 7) is 3.20.